The summed E-state index contributed by atoms with van der Waals surface area (Å²) in [6.07, 6.45) is 2.83. The number of carbonyl (C=O) groups is 2. The second kappa shape index (κ2) is 5.40. The second-order valence-corrected chi connectivity index (χ2v) is 6.35. The Balaban J connectivity index is 1.85. The van der Waals surface area contributed by atoms with Gasteiger partial charge in [0.1, 0.15) is 6.54 Å². The number of imide groups is 1. The highest BCUT2D eigenvalue weighted by Gasteiger charge is 2.58. The number of halogens is 2. The van der Waals surface area contributed by atoms with E-state index in [-0.39, 0.29) is 25.2 Å². The number of fused-ring (bicyclic) bond motifs is 1. The van der Waals surface area contributed by atoms with Crippen LogP contribution in [0.3, 0.4) is 0 Å². The third-order valence-corrected chi connectivity index (χ3v) is 4.60. The summed E-state index contributed by atoms with van der Waals surface area (Å²) in [7, 11) is 1.36. The standard InChI is InChI=1S/C15H13F2N7O2/c1-22-12(25)7-24(14(22)26)11-2-8(10-3-15(10,16)17)5-23-6-9(4-19-21-18)20-13(11)23/h2,5-6,10H,3-4,7H2,1H3. The number of carbonyl (C=O) groups excluding carboxylic acids is 2. The van der Waals surface area contributed by atoms with E-state index in [0.717, 1.165) is 4.90 Å². The fourth-order valence-electron chi connectivity index (χ4n) is 3.08. The first kappa shape index (κ1) is 16.3. The normalized spacial score (nSPS) is 21.4. The van der Waals surface area contributed by atoms with Crippen molar-refractivity contribution in [3.05, 3.63) is 40.2 Å². The molecule has 3 amide bonds. The van der Waals surface area contributed by atoms with E-state index in [1.165, 1.54) is 28.6 Å². The summed E-state index contributed by atoms with van der Waals surface area (Å²) in [5.41, 5.74) is 9.85. The summed E-state index contributed by atoms with van der Waals surface area (Å²) in [5.74, 6) is -4.10. The lowest BCUT2D eigenvalue weighted by Crippen LogP contribution is -2.30. The van der Waals surface area contributed by atoms with Gasteiger partial charge in [-0.05, 0) is 17.2 Å². The number of aromatic nitrogens is 2. The number of anilines is 1. The molecule has 0 radical (unpaired) electrons. The number of alkyl halides is 2. The van der Waals surface area contributed by atoms with Gasteiger partial charge in [-0.25, -0.2) is 18.6 Å². The maximum atomic E-state index is 13.5. The van der Waals surface area contributed by atoms with Crippen molar-refractivity contribution in [2.75, 3.05) is 18.5 Å². The van der Waals surface area contributed by atoms with Crippen molar-refractivity contribution >= 4 is 23.3 Å². The molecule has 2 aromatic heterocycles. The number of hydrogen-bond acceptors (Lipinski definition) is 4. The molecule has 1 saturated carbocycles. The first-order valence-corrected chi connectivity index (χ1v) is 7.80. The zero-order valence-electron chi connectivity index (χ0n) is 13.6. The highest BCUT2D eigenvalue weighted by Crippen LogP contribution is 2.56. The Labute approximate surface area is 145 Å². The zero-order valence-corrected chi connectivity index (χ0v) is 13.6. The Morgan fingerprint density at radius 2 is 2.15 bits per heavy atom. The monoisotopic (exact) mass is 361 g/mol. The summed E-state index contributed by atoms with van der Waals surface area (Å²) in [4.78, 5) is 33.4. The Bertz CT molecular complexity index is 995. The summed E-state index contributed by atoms with van der Waals surface area (Å²) in [6.45, 7) is -0.201. The minimum Gasteiger partial charge on any atom is -0.305 e. The molecule has 1 atom stereocenters. The Morgan fingerprint density at radius 1 is 1.42 bits per heavy atom. The highest BCUT2D eigenvalue weighted by molar-refractivity contribution is 6.13. The van der Waals surface area contributed by atoms with Crippen LogP contribution >= 0.6 is 0 Å². The average molecular weight is 361 g/mol. The predicted molar refractivity (Wildman–Crippen MR) is 85.9 cm³/mol. The highest BCUT2D eigenvalue weighted by atomic mass is 19.3. The lowest BCUT2D eigenvalue weighted by Gasteiger charge is -2.17. The van der Waals surface area contributed by atoms with Crippen LogP contribution in [-0.4, -0.2) is 45.7 Å². The van der Waals surface area contributed by atoms with Gasteiger partial charge >= 0.3 is 6.03 Å². The number of nitrogens with zero attached hydrogens (tertiary/aromatic N) is 7. The van der Waals surface area contributed by atoms with Crippen LogP contribution in [0.15, 0.2) is 23.6 Å². The Hall–Kier alpha value is -3.20. The van der Waals surface area contributed by atoms with Gasteiger partial charge in [0.15, 0.2) is 5.65 Å². The predicted octanol–water partition coefficient (Wildman–Crippen LogP) is 2.67. The maximum absolute atomic E-state index is 13.5. The Kier molecular flexibility index (Phi) is 3.38. The molecule has 1 unspecified atom stereocenters. The van der Waals surface area contributed by atoms with Gasteiger partial charge < -0.3 is 4.40 Å². The van der Waals surface area contributed by atoms with Crippen LogP contribution in [0.4, 0.5) is 19.3 Å². The lowest BCUT2D eigenvalue weighted by atomic mass is 10.1. The molecule has 3 heterocycles. The molecule has 1 aliphatic heterocycles. The van der Waals surface area contributed by atoms with Crippen molar-refractivity contribution in [1.82, 2.24) is 14.3 Å². The molecule has 0 spiro atoms. The van der Waals surface area contributed by atoms with Gasteiger partial charge in [-0.1, -0.05) is 5.11 Å². The SMILES string of the molecule is CN1C(=O)CN(c2cc(C3CC3(F)F)cn3cc(CN=[N+]=[N-])nc23)C1=O. The molecule has 2 aliphatic rings. The molecule has 1 saturated heterocycles. The number of amides is 3. The smallest absolute Gasteiger partial charge is 0.305 e. The second-order valence-electron chi connectivity index (χ2n) is 6.35. The van der Waals surface area contributed by atoms with Crippen LogP contribution in [0.5, 0.6) is 0 Å². The van der Waals surface area contributed by atoms with Crippen molar-refractivity contribution in [1.29, 1.82) is 0 Å². The van der Waals surface area contributed by atoms with Crippen molar-refractivity contribution < 1.29 is 18.4 Å². The van der Waals surface area contributed by atoms with Gasteiger partial charge in [-0.15, -0.1) is 0 Å². The topological polar surface area (TPSA) is 107 Å². The minimum atomic E-state index is -2.78. The minimum absolute atomic E-state index is 0.0146. The molecule has 0 aromatic carbocycles. The summed E-state index contributed by atoms with van der Waals surface area (Å²) >= 11 is 0. The molecule has 134 valence electrons. The van der Waals surface area contributed by atoms with Gasteiger partial charge in [-0.3, -0.25) is 14.6 Å². The number of imidazole rings is 1. The molecule has 2 aromatic rings. The lowest BCUT2D eigenvalue weighted by molar-refractivity contribution is -0.123. The first-order valence-electron chi connectivity index (χ1n) is 7.80. The largest absolute Gasteiger partial charge is 0.331 e. The van der Waals surface area contributed by atoms with E-state index in [4.69, 9.17) is 5.53 Å². The summed E-state index contributed by atoms with van der Waals surface area (Å²) < 4.78 is 28.6. The molecule has 0 bridgehead atoms. The van der Waals surface area contributed by atoms with E-state index in [9.17, 15) is 18.4 Å². The number of urea groups is 1. The molecule has 0 N–H and O–H groups in total. The van der Waals surface area contributed by atoms with Gasteiger partial charge in [0, 0.05) is 30.8 Å². The number of pyridine rings is 1. The molecule has 1 aliphatic carbocycles. The van der Waals surface area contributed by atoms with Crippen molar-refractivity contribution in [3.8, 4) is 0 Å². The molecular weight excluding hydrogens is 348 g/mol. The van der Waals surface area contributed by atoms with Crippen LogP contribution < -0.4 is 4.90 Å². The molecule has 9 nitrogen and oxygen atoms in total. The van der Waals surface area contributed by atoms with E-state index in [1.54, 1.807) is 6.20 Å². The zero-order chi connectivity index (χ0) is 18.6. The van der Waals surface area contributed by atoms with Gasteiger partial charge in [0.25, 0.3) is 5.92 Å². The van der Waals surface area contributed by atoms with Crippen LogP contribution in [0.1, 0.15) is 23.6 Å². The molecule has 26 heavy (non-hydrogen) atoms. The fourth-order valence-corrected chi connectivity index (χ4v) is 3.08. The van der Waals surface area contributed by atoms with E-state index in [0.29, 0.717) is 16.9 Å². The third-order valence-electron chi connectivity index (χ3n) is 4.60. The summed E-state index contributed by atoms with van der Waals surface area (Å²) in [5, 5.41) is 3.44. The van der Waals surface area contributed by atoms with E-state index in [2.05, 4.69) is 15.0 Å². The Morgan fingerprint density at radius 3 is 2.73 bits per heavy atom. The third kappa shape index (κ3) is 2.44. The average Bonchev–Trinajstić information content (AvgIpc) is 2.94. The van der Waals surface area contributed by atoms with Crippen LogP contribution in [-0.2, 0) is 11.3 Å². The van der Waals surface area contributed by atoms with Gasteiger partial charge in [-0.2, -0.15) is 0 Å². The molecule has 11 heteroatoms. The van der Waals surface area contributed by atoms with E-state index in [1.807, 2.05) is 0 Å². The first-order chi connectivity index (χ1) is 12.3. The van der Waals surface area contributed by atoms with Crippen molar-refractivity contribution in [2.24, 2.45) is 5.11 Å². The van der Waals surface area contributed by atoms with Gasteiger partial charge in [0.05, 0.1) is 23.8 Å². The number of rotatable bonds is 4. The number of hydrogen-bond donors (Lipinski definition) is 0. The van der Waals surface area contributed by atoms with Crippen molar-refractivity contribution in [3.63, 3.8) is 0 Å². The number of azide groups is 1. The molecular formula is C15H13F2N7O2. The van der Waals surface area contributed by atoms with Crippen molar-refractivity contribution in [2.45, 2.75) is 24.8 Å². The number of likely N-dealkylation sites (N-methyl/N-ethyl adjacent to an activating group) is 1. The fraction of sp³-hybridized carbons (Fsp3) is 0.400. The van der Waals surface area contributed by atoms with Crippen LogP contribution in [0.2, 0.25) is 0 Å². The van der Waals surface area contributed by atoms with E-state index < -0.39 is 23.8 Å². The van der Waals surface area contributed by atoms with E-state index >= 15 is 0 Å². The maximum Gasteiger partial charge on any atom is 0.331 e. The van der Waals surface area contributed by atoms with Crippen LogP contribution in [0, 0.1) is 0 Å². The summed E-state index contributed by atoms with van der Waals surface area (Å²) in [6, 6.07) is 0.937. The molecule has 4 rings (SSSR count). The molecule has 2 fully saturated rings. The quantitative estimate of drug-likeness (QED) is 0.361. The van der Waals surface area contributed by atoms with Crippen LogP contribution in [0.25, 0.3) is 16.1 Å². The van der Waals surface area contributed by atoms with Gasteiger partial charge in [0.2, 0.25) is 5.91 Å².